The van der Waals surface area contributed by atoms with Gasteiger partial charge in [-0.05, 0) is 106 Å². The van der Waals surface area contributed by atoms with Crippen LogP contribution < -0.4 is 10.6 Å². The van der Waals surface area contributed by atoms with Gasteiger partial charge in [0.2, 0.25) is 0 Å². The predicted molar refractivity (Wildman–Crippen MR) is 157 cm³/mol. The molecule has 0 saturated heterocycles. The summed E-state index contributed by atoms with van der Waals surface area (Å²) in [5.41, 5.74) is 0.279. The maximum absolute atomic E-state index is 13.2. The summed E-state index contributed by atoms with van der Waals surface area (Å²) in [5.74, 6) is 1.11. The van der Waals surface area contributed by atoms with E-state index in [-0.39, 0.29) is 23.1 Å². The number of nitrogens with zero attached hydrogens (tertiary/aromatic N) is 1. The second-order valence-corrected chi connectivity index (χ2v) is 12.0. The van der Waals surface area contributed by atoms with Gasteiger partial charge in [0.05, 0.1) is 23.1 Å². The summed E-state index contributed by atoms with van der Waals surface area (Å²) in [6, 6.07) is 19.3. The van der Waals surface area contributed by atoms with Crippen molar-refractivity contribution < 1.29 is 48.1 Å². The zero-order valence-electron chi connectivity index (χ0n) is 23.0. The largest absolute Gasteiger partial charge is 2.00 e. The Morgan fingerprint density at radius 3 is 1.64 bits per heavy atom. The van der Waals surface area contributed by atoms with Crippen molar-refractivity contribution in [2.24, 2.45) is 4.99 Å². The Bertz CT molecular complexity index is 1280. The van der Waals surface area contributed by atoms with Crippen LogP contribution in [0.1, 0.15) is 16.7 Å². The van der Waals surface area contributed by atoms with Gasteiger partial charge in [0.25, 0.3) is 0 Å². The van der Waals surface area contributed by atoms with Gasteiger partial charge >= 0.3 is 29.4 Å². The summed E-state index contributed by atoms with van der Waals surface area (Å²) >= 11 is 0. The summed E-state index contributed by atoms with van der Waals surface area (Å²) in [4.78, 5) is 4.76. The van der Waals surface area contributed by atoms with E-state index in [1.165, 1.54) is 24.3 Å². The molecule has 226 valence electrons. The number of benzene rings is 3. The number of alkyl halides is 6. The molecule has 3 aromatic rings. The Hall–Kier alpha value is -2.34. The van der Waals surface area contributed by atoms with Crippen LogP contribution in [0.3, 0.4) is 0 Å². The van der Waals surface area contributed by atoms with E-state index in [1.54, 1.807) is 6.42 Å². The Balaban J connectivity index is 0.000000670. The molecule has 3 aliphatic rings. The van der Waals surface area contributed by atoms with E-state index in [2.05, 4.69) is 0 Å². The van der Waals surface area contributed by atoms with Crippen molar-refractivity contribution in [1.29, 1.82) is 0 Å². The first-order valence-corrected chi connectivity index (χ1v) is 14.8. The molecule has 2 nitrogen and oxygen atoms in total. The number of ether oxygens (including phenoxy) is 1. The zero-order valence-corrected chi connectivity index (χ0v) is 25.0. The Kier molecular flexibility index (Phi) is 12.0. The molecule has 3 aromatic carbocycles. The second-order valence-electron chi connectivity index (χ2n) is 9.80. The first-order chi connectivity index (χ1) is 20.6. The zero-order chi connectivity index (χ0) is 30.5. The van der Waals surface area contributed by atoms with Crippen LogP contribution in [-0.4, -0.2) is 18.5 Å². The third kappa shape index (κ3) is 8.89. The topological polar surface area (TPSA) is 21.6 Å². The number of halogens is 6. The van der Waals surface area contributed by atoms with E-state index in [0.717, 1.165) is 35.5 Å². The molecule has 2 fully saturated rings. The van der Waals surface area contributed by atoms with E-state index in [4.69, 9.17) is 9.73 Å². The molecular formula is C34H26F6FeNOP+2. The quantitative estimate of drug-likeness (QED) is 0.149. The molecule has 0 aromatic heterocycles. The first kappa shape index (κ1) is 34.5. The van der Waals surface area contributed by atoms with Crippen LogP contribution in [0.25, 0.3) is 0 Å². The third-order valence-corrected chi connectivity index (χ3v) is 9.25. The molecule has 44 heavy (non-hydrogen) atoms. The van der Waals surface area contributed by atoms with Crippen molar-refractivity contribution in [1.82, 2.24) is 0 Å². The summed E-state index contributed by atoms with van der Waals surface area (Å²) < 4.78 is 85.1. The van der Waals surface area contributed by atoms with Crippen LogP contribution in [0.2, 0.25) is 0 Å². The summed E-state index contributed by atoms with van der Waals surface area (Å²) in [5, 5.41) is 1.14. The fourth-order valence-corrected chi connectivity index (χ4v) is 7.08. The molecule has 0 unspecified atom stereocenters. The van der Waals surface area contributed by atoms with Gasteiger partial charge in [-0.3, -0.25) is 0 Å². The molecule has 0 amide bonds. The maximum Gasteiger partial charge on any atom is 2.00 e. The van der Waals surface area contributed by atoms with Crippen LogP contribution >= 0.6 is 7.92 Å². The Morgan fingerprint density at radius 2 is 1.16 bits per heavy atom. The molecule has 0 N–H and O–H groups in total. The van der Waals surface area contributed by atoms with Gasteiger partial charge in [-0.15, -0.1) is 0 Å². The number of aliphatic imine (C=N–C) groups is 1. The van der Waals surface area contributed by atoms with Crippen molar-refractivity contribution in [3.8, 4) is 0 Å². The first-order valence-electron chi connectivity index (χ1n) is 13.4. The standard InChI is InChI=1S/C29H21F6NOP.C5H5.Fe/c30-28(31,32)20-9-13-23(14-10-20)38(24-15-11-21(12-16-24)29(33,34)35)26-8-4-7-25(26)27-36-22(18-37-27)17-19-5-2-1-3-6-19;1-2-4-5-3-1;/h1-16,22H,17-18H2;1-5H;/q;;+2/t22-;;/m0../s1. The summed E-state index contributed by atoms with van der Waals surface area (Å²) in [6.45, 7) is 0.382. The average molecular weight is 665 g/mol. The normalized spacial score (nSPS) is 19.2. The molecule has 1 aliphatic heterocycles. The second kappa shape index (κ2) is 15.3. The molecule has 10 heteroatoms. The molecule has 1 atom stereocenters. The molecule has 6 rings (SSSR count). The van der Waals surface area contributed by atoms with E-state index < -0.39 is 31.4 Å². The van der Waals surface area contributed by atoms with E-state index >= 15 is 0 Å². The maximum atomic E-state index is 13.2. The third-order valence-electron chi connectivity index (χ3n) is 6.75. The molecule has 2 aliphatic carbocycles. The molecule has 0 spiro atoms. The van der Waals surface area contributed by atoms with Crippen LogP contribution in [0, 0.1) is 62.9 Å². The molecule has 1 heterocycles. The van der Waals surface area contributed by atoms with Gasteiger partial charge in [0.15, 0.2) is 5.90 Å². The molecule has 10 radical (unpaired) electrons. The molecule has 2 saturated carbocycles. The number of rotatable bonds is 6. The van der Waals surface area contributed by atoms with Crippen LogP contribution in [0.5, 0.6) is 0 Å². The Labute approximate surface area is 266 Å². The van der Waals surface area contributed by atoms with Crippen LogP contribution in [-0.2, 0) is 40.6 Å². The van der Waals surface area contributed by atoms with Crippen molar-refractivity contribution in [2.75, 3.05) is 6.61 Å². The van der Waals surface area contributed by atoms with Gasteiger partial charge < -0.3 is 4.74 Å². The van der Waals surface area contributed by atoms with Crippen molar-refractivity contribution >= 4 is 24.4 Å². The van der Waals surface area contributed by atoms with Gasteiger partial charge in [0.1, 0.15) is 6.61 Å². The van der Waals surface area contributed by atoms with Crippen molar-refractivity contribution in [3.05, 3.63) is 158 Å². The van der Waals surface area contributed by atoms with Gasteiger partial charge in [-0.1, -0.05) is 54.6 Å². The van der Waals surface area contributed by atoms with E-state index in [0.29, 0.717) is 35.5 Å². The molecular weight excluding hydrogens is 639 g/mol. The summed E-state index contributed by atoms with van der Waals surface area (Å²) in [7, 11) is -1.50. The molecule has 0 bridgehead atoms. The fraction of sp³-hybridized carbons (Fsp3) is 0.147. The minimum atomic E-state index is -4.50. The minimum absolute atomic E-state index is 0. The van der Waals surface area contributed by atoms with Crippen molar-refractivity contribution in [2.45, 2.75) is 24.8 Å². The number of hydrogen-bond acceptors (Lipinski definition) is 2. The number of hydrogen-bond donors (Lipinski definition) is 0. The van der Waals surface area contributed by atoms with E-state index in [9.17, 15) is 26.3 Å². The monoisotopic (exact) mass is 665 g/mol. The van der Waals surface area contributed by atoms with Gasteiger partial charge in [-0.2, -0.15) is 26.3 Å². The van der Waals surface area contributed by atoms with E-state index in [1.807, 2.05) is 75.3 Å². The smallest absolute Gasteiger partial charge is 0.478 e. The minimum Gasteiger partial charge on any atom is -0.478 e. The van der Waals surface area contributed by atoms with Gasteiger partial charge in [0, 0.05) is 5.66 Å². The predicted octanol–water partition coefficient (Wildman–Crippen LogP) is 7.95. The fourth-order valence-electron chi connectivity index (χ4n) is 4.69. The van der Waals surface area contributed by atoms with Crippen LogP contribution in [0.15, 0.2) is 83.9 Å². The van der Waals surface area contributed by atoms with Crippen LogP contribution in [0.4, 0.5) is 26.3 Å². The van der Waals surface area contributed by atoms with Crippen molar-refractivity contribution in [3.63, 3.8) is 0 Å². The Morgan fingerprint density at radius 1 is 0.659 bits per heavy atom. The van der Waals surface area contributed by atoms with Gasteiger partial charge in [-0.25, -0.2) is 4.99 Å². The summed E-state index contributed by atoms with van der Waals surface area (Å²) in [6.07, 6.45) is 7.13. The average Bonchev–Trinajstić information content (AvgIpc) is 3.78. The SMILES string of the molecule is FC(F)(F)c1ccc(P([C]2[CH][CH][CH][C]2C2=N[C@@H](Cc3ccccc3)CO2)c2ccc(C(F)(F)F)cc2)cc1.[CH]1[CH][CH][CH][CH]1.[Fe+2].